The van der Waals surface area contributed by atoms with Gasteiger partial charge in [0, 0.05) is 60.7 Å². The maximum atomic E-state index is 6.03. The number of nitrogens with one attached hydrogen (secondary N) is 1. The van der Waals surface area contributed by atoms with E-state index in [4.69, 9.17) is 4.74 Å². The average molecular weight is 482 g/mol. The van der Waals surface area contributed by atoms with Crippen molar-refractivity contribution < 1.29 is 29.3 Å². The van der Waals surface area contributed by atoms with Crippen LogP contribution in [0.5, 0.6) is 5.75 Å². The normalized spacial score (nSPS) is 15.6. The van der Waals surface area contributed by atoms with Gasteiger partial charge in [-0.1, -0.05) is 6.07 Å². The van der Waals surface area contributed by atoms with E-state index in [0.717, 1.165) is 64.5 Å². The van der Waals surface area contributed by atoms with Gasteiger partial charge in [-0.25, -0.2) is 0 Å². The van der Waals surface area contributed by atoms with Crippen LogP contribution in [-0.4, -0.2) is 68.1 Å². The SMILES string of the molecule is Cl.[Al+3].[H-].[H-].[H-].[H-].[Li+].c1cc(N2CCN(CCCOc3ccc4c(c3)CCCN4)CC2)c2ccsc2c1. The van der Waals surface area contributed by atoms with E-state index in [1.807, 2.05) is 11.3 Å². The van der Waals surface area contributed by atoms with Gasteiger partial charge < -0.3 is 20.7 Å². The monoisotopic (exact) mass is 481 g/mol. The molecule has 0 aliphatic carbocycles. The Kier molecular flexibility index (Phi) is 11.3. The van der Waals surface area contributed by atoms with Crippen molar-refractivity contribution in [3.05, 3.63) is 53.4 Å². The molecule has 1 saturated heterocycles. The quantitative estimate of drug-likeness (QED) is 0.432. The predicted octanol–water partition coefficient (Wildman–Crippen LogP) is 2.35. The van der Waals surface area contributed by atoms with Gasteiger partial charge in [0.15, 0.2) is 0 Å². The van der Waals surface area contributed by atoms with E-state index in [1.165, 1.54) is 33.4 Å². The summed E-state index contributed by atoms with van der Waals surface area (Å²) in [5.74, 6) is 1.01. The van der Waals surface area contributed by atoms with E-state index in [-0.39, 0.29) is 54.3 Å². The average Bonchev–Trinajstić information content (AvgIpc) is 3.26. The van der Waals surface area contributed by atoms with Crippen LogP contribution in [0.3, 0.4) is 0 Å². The number of benzene rings is 2. The standard InChI is InChI=1S/C24H29N3OS.Al.ClH.Li.4H/c1-5-23(21-9-17-29-24(21)6-1)27-14-12-26(13-15-27)11-3-16-28-20-7-8-22-19(18-20)4-2-10-25-22;;;;;;;/h1,5-9,17-18,25H,2-4,10-16H2;;1H;;;;;/q;+3;;+1;4*-1. The van der Waals surface area contributed by atoms with Gasteiger partial charge in [-0.05, 0) is 66.6 Å². The molecular formula is C24H34AlClLiN3OS. The van der Waals surface area contributed by atoms with Crippen LogP contribution in [-0.2, 0) is 6.42 Å². The van der Waals surface area contributed by atoms with Crippen LogP contribution < -0.4 is 33.8 Å². The minimum atomic E-state index is 0. The number of aryl methyl sites for hydroxylation is 1. The second-order valence-corrected chi connectivity index (χ2v) is 8.94. The summed E-state index contributed by atoms with van der Waals surface area (Å²) in [6.45, 7) is 7.46. The molecule has 1 aromatic heterocycles. The van der Waals surface area contributed by atoms with Gasteiger partial charge in [0.25, 0.3) is 0 Å². The van der Waals surface area contributed by atoms with E-state index in [9.17, 15) is 0 Å². The summed E-state index contributed by atoms with van der Waals surface area (Å²) >= 11 is 1.83. The number of halogens is 1. The molecule has 3 aromatic rings. The Morgan fingerprint density at radius 3 is 2.75 bits per heavy atom. The maximum Gasteiger partial charge on any atom is 3.00 e. The summed E-state index contributed by atoms with van der Waals surface area (Å²) in [5, 5.41) is 7.06. The van der Waals surface area contributed by atoms with Crippen molar-refractivity contribution in [2.45, 2.75) is 19.3 Å². The van der Waals surface area contributed by atoms with Gasteiger partial charge >= 0.3 is 36.2 Å². The molecule has 0 unspecified atom stereocenters. The fraction of sp³-hybridized carbons (Fsp3) is 0.417. The number of fused-ring (bicyclic) bond motifs is 2. The second-order valence-electron chi connectivity index (χ2n) is 7.99. The zero-order chi connectivity index (χ0) is 19.5. The van der Waals surface area contributed by atoms with E-state index in [2.05, 4.69) is 63.0 Å². The Labute approximate surface area is 230 Å². The first kappa shape index (κ1) is 27.4. The number of rotatable bonds is 6. The molecule has 3 heterocycles. The topological polar surface area (TPSA) is 27.7 Å². The van der Waals surface area contributed by atoms with Gasteiger partial charge in [-0.3, -0.25) is 4.90 Å². The van der Waals surface area contributed by atoms with Gasteiger partial charge in [0.05, 0.1) is 6.61 Å². The van der Waals surface area contributed by atoms with E-state index >= 15 is 0 Å². The molecular weight excluding hydrogens is 448 g/mol. The van der Waals surface area contributed by atoms with Crippen molar-refractivity contribution in [1.82, 2.24) is 4.90 Å². The smallest absolute Gasteiger partial charge is 1.00 e. The molecule has 32 heavy (non-hydrogen) atoms. The number of nitrogens with zero attached hydrogens (tertiary/aromatic N) is 2. The zero-order valence-corrected chi connectivity index (χ0v) is 21.7. The predicted molar refractivity (Wildman–Crippen MR) is 141 cm³/mol. The largest absolute Gasteiger partial charge is 3.00 e. The summed E-state index contributed by atoms with van der Waals surface area (Å²) in [6, 6.07) is 15.4. The molecule has 8 heteroatoms. The first-order valence-corrected chi connectivity index (χ1v) is 11.7. The summed E-state index contributed by atoms with van der Waals surface area (Å²) in [7, 11) is 0. The fourth-order valence-corrected chi connectivity index (χ4v) is 5.29. The molecule has 168 valence electrons. The molecule has 0 bridgehead atoms. The summed E-state index contributed by atoms with van der Waals surface area (Å²) in [4.78, 5) is 5.12. The van der Waals surface area contributed by atoms with Crippen LogP contribution in [0.2, 0.25) is 0 Å². The Morgan fingerprint density at radius 2 is 1.91 bits per heavy atom. The molecule has 1 N–H and O–H groups in total. The van der Waals surface area contributed by atoms with Crippen molar-refractivity contribution in [2.75, 3.05) is 56.1 Å². The van der Waals surface area contributed by atoms with Crippen LogP contribution in [0.25, 0.3) is 10.1 Å². The number of thiophene rings is 1. The maximum absolute atomic E-state index is 6.03. The van der Waals surface area contributed by atoms with Gasteiger partial charge in [0.1, 0.15) is 5.75 Å². The number of anilines is 2. The van der Waals surface area contributed by atoms with Crippen molar-refractivity contribution in [2.24, 2.45) is 0 Å². The van der Waals surface area contributed by atoms with Gasteiger partial charge in [-0.2, -0.15) is 0 Å². The molecule has 2 aliphatic rings. The molecule has 0 spiro atoms. The molecule has 5 rings (SSSR count). The van der Waals surface area contributed by atoms with Crippen LogP contribution in [0, 0.1) is 0 Å². The molecule has 4 nitrogen and oxygen atoms in total. The molecule has 0 radical (unpaired) electrons. The van der Waals surface area contributed by atoms with Crippen molar-refractivity contribution >= 4 is 62.6 Å². The Morgan fingerprint density at radius 1 is 1.06 bits per heavy atom. The second kappa shape index (κ2) is 13.2. The molecule has 0 saturated carbocycles. The Bertz CT molecular complexity index is 999. The number of hydrogen-bond acceptors (Lipinski definition) is 5. The first-order chi connectivity index (χ1) is 14.4. The van der Waals surface area contributed by atoms with Crippen LogP contribution in [0.4, 0.5) is 11.4 Å². The molecule has 0 atom stereocenters. The third kappa shape index (κ3) is 6.40. The zero-order valence-electron chi connectivity index (χ0n) is 22.9. The molecule has 1 fully saturated rings. The number of piperazine rings is 1. The molecule has 2 aromatic carbocycles. The third-order valence-corrected chi connectivity index (χ3v) is 6.97. The summed E-state index contributed by atoms with van der Waals surface area (Å²) in [6.07, 6.45) is 3.45. The molecule has 2 aliphatic heterocycles. The number of hydrogen-bond donors (Lipinski definition) is 1. The minimum Gasteiger partial charge on any atom is -1.00 e. The third-order valence-electron chi connectivity index (χ3n) is 6.09. The van der Waals surface area contributed by atoms with Gasteiger partial charge in [0.2, 0.25) is 0 Å². The summed E-state index contributed by atoms with van der Waals surface area (Å²) in [5.41, 5.74) is 4.07. The van der Waals surface area contributed by atoms with Crippen LogP contribution >= 0.6 is 23.7 Å². The van der Waals surface area contributed by atoms with E-state index in [0.29, 0.717) is 0 Å². The minimum absolute atomic E-state index is 0. The fourth-order valence-electron chi connectivity index (χ4n) is 4.49. The van der Waals surface area contributed by atoms with E-state index in [1.54, 1.807) is 0 Å². The number of ether oxygens (including phenoxy) is 1. The van der Waals surface area contributed by atoms with Crippen molar-refractivity contribution in [1.29, 1.82) is 0 Å². The van der Waals surface area contributed by atoms with Crippen molar-refractivity contribution in [3.8, 4) is 5.75 Å². The summed E-state index contributed by atoms with van der Waals surface area (Å²) < 4.78 is 7.42. The van der Waals surface area contributed by atoms with Crippen molar-refractivity contribution in [3.63, 3.8) is 0 Å². The van der Waals surface area contributed by atoms with Crippen LogP contribution in [0.1, 0.15) is 24.1 Å². The van der Waals surface area contributed by atoms with E-state index < -0.39 is 0 Å². The molecule has 0 amide bonds. The Hall–Kier alpha value is -0.820. The first-order valence-electron chi connectivity index (χ1n) is 10.8. The van der Waals surface area contributed by atoms with Gasteiger partial charge in [-0.15, -0.1) is 23.7 Å². The van der Waals surface area contributed by atoms with Crippen LogP contribution in [0.15, 0.2) is 47.8 Å². The Balaban J connectivity index is -0.00000156.